The Hall–Kier alpha value is -5.42. The number of phenols is 2. The molecule has 6 aromatic rings. The van der Waals surface area contributed by atoms with E-state index in [1.54, 1.807) is 72.8 Å². The number of para-hydroxylation sites is 4. The summed E-state index contributed by atoms with van der Waals surface area (Å²) in [4.78, 5) is 0. The zero-order chi connectivity index (χ0) is 41.3. The summed E-state index contributed by atoms with van der Waals surface area (Å²) in [6.07, 6.45) is 1.40. The van der Waals surface area contributed by atoms with Crippen molar-refractivity contribution in [2.24, 2.45) is 0 Å². The molecule has 0 bridgehead atoms. The number of phenolic OH excluding ortho intramolecular Hbond substituents is 2. The summed E-state index contributed by atoms with van der Waals surface area (Å²) in [6, 6.07) is 51.0. The normalized spacial score (nSPS) is 13.2. The van der Waals surface area contributed by atoms with Gasteiger partial charge < -0.3 is 28.3 Å². The third-order valence-electron chi connectivity index (χ3n) is 9.34. The molecule has 0 aliphatic rings. The fraction of sp³-hybridized carbons (Fsp3) is 0.234. The van der Waals surface area contributed by atoms with Gasteiger partial charge in [-0.3, -0.25) is 0 Å². The number of hydrogen-bond donors (Lipinski definition) is 2. The Balaban J connectivity index is 0.000000227. The summed E-state index contributed by atoms with van der Waals surface area (Å²) in [5.74, 6) is 2.74. The van der Waals surface area contributed by atoms with Gasteiger partial charge in [-0.25, -0.2) is 9.13 Å². The quantitative estimate of drug-likeness (QED) is 0.105. The molecule has 0 radical (unpaired) electrons. The summed E-state index contributed by atoms with van der Waals surface area (Å²) in [5, 5.41) is 18.2. The molecule has 6 aromatic carbocycles. The van der Waals surface area contributed by atoms with Crippen LogP contribution in [-0.2, 0) is 14.5 Å². The highest BCUT2D eigenvalue weighted by atomic mass is 31.2. The van der Waals surface area contributed by atoms with E-state index in [0.717, 1.165) is 17.5 Å². The Kier molecular flexibility index (Phi) is 16.5. The zero-order valence-corrected chi connectivity index (χ0v) is 35.3. The number of aromatic hydroxyl groups is 2. The first-order chi connectivity index (χ1) is 27.3. The maximum Gasteiger partial charge on any atom is 0.433 e. The van der Waals surface area contributed by atoms with Gasteiger partial charge in [-0.15, -0.1) is 0 Å². The lowest BCUT2D eigenvalue weighted by Crippen LogP contribution is -2.18. The maximum absolute atomic E-state index is 13.6. The van der Waals surface area contributed by atoms with Crippen molar-refractivity contribution in [2.45, 2.75) is 71.1 Å². The van der Waals surface area contributed by atoms with Gasteiger partial charge in [-0.05, 0) is 111 Å². The molecule has 300 valence electrons. The first-order valence-electron chi connectivity index (χ1n) is 19.0. The van der Waals surface area contributed by atoms with Crippen molar-refractivity contribution in [1.29, 1.82) is 0 Å². The molecule has 0 aliphatic carbocycles. The van der Waals surface area contributed by atoms with E-state index in [9.17, 15) is 14.2 Å². The Morgan fingerprint density at radius 3 is 0.982 bits per heavy atom. The average molecular weight is 809 g/mol. The van der Waals surface area contributed by atoms with E-state index in [1.165, 1.54) is 0 Å². The fourth-order valence-corrected chi connectivity index (χ4v) is 8.63. The van der Waals surface area contributed by atoms with Gasteiger partial charge in [0.15, 0.2) is 0 Å². The first kappa shape index (κ1) is 44.3. The monoisotopic (exact) mass is 808 g/mol. The van der Waals surface area contributed by atoms with Crippen molar-refractivity contribution >= 4 is 15.2 Å². The number of benzene rings is 6. The fourth-order valence-electron chi connectivity index (χ4n) is 5.28. The summed E-state index contributed by atoms with van der Waals surface area (Å²) in [5.41, 5.74) is 1.50. The molecule has 0 aliphatic heterocycles. The largest absolute Gasteiger partial charge is 0.508 e. The van der Waals surface area contributed by atoms with Crippen LogP contribution in [0, 0.1) is 0 Å². The van der Waals surface area contributed by atoms with Gasteiger partial charge in [-0.1, -0.05) is 125 Å². The van der Waals surface area contributed by atoms with E-state index in [4.69, 9.17) is 23.2 Å². The third kappa shape index (κ3) is 13.3. The van der Waals surface area contributed by atoms with Crippen LogP contribution in [0.5, 0.6) is 34.5 Å². The predicted octanol–water partition coefficient (Wildman–Crippen LogP) is 13.7. The molecule has 0 spiro atoms. The molecule has 0 saturated carbocycles. The topological polar surface area (TPSA) is 112 Å². The van der Waals surface area contributed by atoms with Crippen molar-refractivity contribution in [1.82, 2.24) is 0 Å². The molecule has 0 fully saturated rings. The summed E-state index contributed by atoms with van der Waals surface area (Å²) >= 11 is 0. The molecule has 0 aromatic heterocycles. The molecule has 0 saturated heterocycles. The van der Waals surface area contributed by atoms with Crippen LogP contribution in [0.25, 0.3) is 0 Å². The highest BCUT2D eigenvalue weighted by Crippen LogP contribution is 2.55. The van der Waals surface area contributed by atoms with E-state index in [0.29, 0.717) is 35.2 Å². The lowest BCUT2D eigenvalue weighted by molar-refractivity contribution is 0.371. The molecule has 10 heteroatoms. The van der Waals surface area contributed by atoms with Gasteiger partial charge >= 0.3 is 15.2 Å². The van der Waals surface area contributed by atoms with Crippen molar-refractivity contribution in [3.8, 4) is 34.5 Å². The lowest BCUT2D eigenvalue weighted by atomic mass is 9.78. The van der Waals surface area contributed by atoms with Crippen LogP contribution < -0.4 is 18.1 Å². The van der Waals surface area contributed by atoms with Crippen LogP contribution in [-0.4, -0.2) is 21.5 Å². The zero-order valence-electron chi connectivity index (χ0n) is 33.5. The highest BCUT2D eigenvalue weighted by Gasteiger charge is 2.36. The van der Waals surface area contributed by atoms with Crippen molar-refractivity contribution in [3.63, 3.8) is 0 Å². The van der Waals surface area contributed by atoms with E-state index in [1.807, 2.05) is 125 Å². The maximum atomic E-state index is 13.6. The molecule has 0 amide bonds. The van der Waals surface area contributed by atoms with Crippen LogP contribution in [0.15, 0.2) is 170 Å². The van der Waals surface area contributed by atoms with Crippen LogP contribution in [0.4, 0.5) is 0 Å². The Bertz CT molecular complexity index is 2080. The van der Waals surface area contributed by atoms with Gasteiger partial charge in [0.1, 0.15) is 34.5 Å². The van der Waals surface area contributed by atoms with Gasteiger partial charge in [0.05, 0.1) is 11.3 Å². The second-order valence-corrected chi connectivity index (χ2v) is 18.6. The Morgan fingerprint density at radius 2 is 0.702 bits per heavy atom. The number of hydrogen-bond acceptors (Lipinski definition) is 8. The summed E-state index contributed by atoms with van der Waals surface area (Å²) in [7, 11) is -6.66. The molecule has 0 heterocycles. The predicted molar refractivity (Wildman–Crippen MR) is 231 cm³/mol. The smallest absolute Gasteiger partial charge is 0.433 e. The Morgan fingerprint density at radius 1 is 0.439 bits per heavy atom. The molecule has 8 nitrogen and oxygen atoms in total. The van der Waals surface area contributed by atoms with E-state index >= 15 is 0 Å². The van der Waals surface area contributed by atoms with Crippen LogP contribution in [0.3, 0.4) is 0 Å². The van der Waals surface area contributed by atoms with Gasteiger partial charge in [0.25, 0.3) is 0 Å². The van der Waals surface area contributed by atoms with Gasteiger partial charge in [-0.2, -0.15) is 0 Å². The van der Waals surface area contributed by atoms with Crippen LogP contribution >= 0.6 is 15.2 Å². The van der Waals surface area contributed by atoms with E-state index in [2.05, 4.69) is 13.8 Å². The lowest BCUT2D eigenvalue weighted by Gasteiger charge is -2.27. The molecule has 3 unspecified atom stereocenters. The first-order valence-corrected chi connectivity index (χ1v) is 22.3. The third-order valence-corrected chi connectivity index (χ3v) is 14.1. The molecule has 6 rings (SSSR count). The van der Waals surface area contributed by atoms with Crippen molar-refractivity contribution in [2.75, 3.05) is 0 Å². The number of rotatable bonds is 14. The molecular weight excluding hydrogens is 754 g/mol. The molecule has 2 N–H and O–H groups in total. The van der Waals surface area contributed by atoms with Crippen molar-refractivity contribution in [3.05, 3.63) is 181 Å². The highest BCUT2D eigenvalue weighted by molar-refractivity contribution is 7.55. The van der Waals surface area contributed by atoms with Gasteiger partial charge in [0.2, 0.25) is 0 Å². The molecule has 3 atom stereocenters. The summed E-state index contributed by atoms with van der Waals surface area (Å²) in [6.45, 7) is 12.0. The molecule has 57 heavy (non-hydrogen) atoms. The van der Waals surface area contributed by atoms with E-state index < -0.39 is 15.2 Å². The Labute approximate surface area is 338 Å². The van der Waals surface area contributed by atoms with Crippen molar-refractivity contribution < 1.29 is 37.4 Å². The van der Waals surface area contributed by atoms with Gasteiger partial charge in [0, 0.05) is 5.41 Å². The van der Waals surface area contributed by atoms with Crippen LogP contribution in [0.1, 0.15) is 65.5 Å². The second kappa shape index (κ2) is 21.2. The average Bonchev–Trinajstić information content (AvgIpc) is 3.22. The van der Waals surface area contributed by atoms with E-state index in [-0.39, 0.29) is 22.5 Å². The summed E-state index contributed by atoms with van der Waals surface area (Å²) < 4.78 is 49.8. The molecular formula is C47H54O8P2. The van der Waals surface area contributed by atoms with Crippen LogP contribution in [0.2, 0.25) is 0 Å². The minimum absolute atomic E-state index is 0.178. The SMILES string of the molecule is CCC(C)P(=O)(Oc1ccccc1)Oc1ccc(C(C)(C)c2ccc(O)cc2)cc1.CCC(C)P(=O)(Oc1ccccc1)Oc1ccccc1.Oc1ccccc1. The second-order valence-electron chi connectivity index (χ2n) is 13.9. The standard InChI is InChI=1S/C25H29O4P.C16H19O3P.C6H6O/c1-5-19(2)30(27,28-23-9-7-6-8-10-23)29-24-17-13-21(14-18-24)25(3,4)20-11-15-22(26)16-12-20;1-3-14(2)20(17,18-15-10-6-4-7-11-15)19-16-12-8-5-9-13-16;7-6-4-2-1-3-5-6/h6-19,26H,5H2,1-4H3;4-14H,3H2,1-2H3;1-5,7H. The minimum atomic E-state index is -3.40. The minimum Gasteiger partial charge on any atom is -0.508 e.